The summed E-state index contributed by atoms with van der Waals surface area (Å²) in [7, 11) is 1.94. The van der Waals surface area contributed by atoms with Crippen LogP contribution in [0.4, 0.5) is 0 Å². The van der Waals surface area contributed by atoms with Gasteiger partial charge in [-0.15, -0.1) is 0 Å². The topological polar surface area (TPSA) is 58.4 Å². The Morgan fingerprint density at radius 1 is 1.47 bits per heavy atom. The number of halogens is 1. The fraction of sp³-hybridized carbons (Fsp3) is 0.500. The van der Waals surface area contributed by atoms with E-state index in [1.165, 1.54) is 0 Å². The Labute approximate surface area is 122 Å². The molecule has 1 atom stereocenters. The van der Waals surface area contributed by atoms with E-state index in [1.54, 1.807) is 0 Å². The van der Waals surface area contributed by atoms with E-state index in [0.29, 0.717) is 19.1 Å². The van der Waals surface area contributed by atoms with Crippen molar-refractivity contribution in [2.45, 2.75) is 24.9 Å². The number of hydrogen-bond acceptors (Lipinski definition) is 3. The van der Waals surface area contributed by atoms with E-state index in [0.717, 1.165) is 22.9 Å². The van der Waals surface area contributed by atoms with Crippen LogP contribution >= 0.6 is 15.9 Å². The number of hydrogen-bond donors (Lipinski definition) is 2. The standard InChI is InChI=1S/C14H20BrN3O/c1-18(9-14(19)17-12-6-7-12)13(8-16)10-2-4-11(15)5-3-10/h2-5,12-13H,6-9,16H2,1H3,(H,17,19). The molecule has 0 heterocycles. The largest absolute Gasteiger partial charge is 0.352 e. The first kappa shape index (κ1) is 14.5. The zero-order valence-corrected chi connectivity index (χ0v) is 12.7. The van der Waals surface area contributed by atoms with E-state index in [9.17, 15) is 4.79 Å². The van der Waals surface area contributed by atoms with Crippen LogP contribution in [0.15, 0.2) is 28.7 Å². The van der Waals surface area contributed by atoms with Gasteiger partial charge in [0.2, 0.25) is 5.91 Å². The van der Waals surface area contributed by atoms with Crippen molar-refractivity contribution in [2.75, 3.05) is 20.1 Å². The summed E-state index contributed by atoms with van der Waals surface area (Å²) in [5.41, 5.74) is 6.98. The van der Waals surface area contributed by atoms with Crippen molar-refractivity contribution < 1.29 is 4.79 Å². The van der Waals surface area contributed by atoms with Gasteiger partial charge in [-0.25, -0.2) is 0 Å². The number of likely N-dealkylation sites (N-methyl/N-ethyl adjacent to an activating group) is 1. The molecule has 1 aromatic carbocycles. The van der Waals surface area contributed by atoms with Crippen molar-refractivity contribution in [3.63, 3.8) is 0 Å². The molecule has 1 aliphatic rings. The molecule has 1 aliphatic carbocycles. The first-order valence-corrected chi connectivity index (χ1v) is 7.34. The molecular formula is C14H20BrN3O. The molecule has 1 fully saturated rings. The molecule has 1 aromatic rings. The van der Waals surface area contributed by atoms with E-state index in [1.807, 2.05) is 36.2 Å². The van der Waals surface area contributed by atoms with E-state index in [2.05, 4.69) is 21.2 Å². The molecule has 1 amide bonds. The predicted molar refractivity (Wildman–Crippen MR) is 79.7 cm³/mol. The van der Waals surface area contributed by atoms with Crippen LogP contribution in [-0.4, -0.2) is 37.0 Å². The molecule has 3 N–H and O–H groups in total. The lowest BCUT2D eigenvalue weighted by atomic mass is 10.1. The zero-order chi connectivity index (χ0) is 13.8. The highest BCUT2D eigenvalue weighted by molar-refractivity contribution is 9.10. The molecule has 0 radical (unpaired) electrons. The third-order valence-electron chi connectivity index (χ3n) is 3.35. The molecule has 4 nitrogen and oxygen atoms in total. The van der Waals surface area contributed by atoms with Crippen LogP contribution in [0.2, 0.25) is 0 Å². The van der Waals surface area contributed by atoms with E-state index in [-0.39, 0.29) is 11.9 Å². The molecule has 104 valence electrons. The summed E-state index contributed by atoms with van der Waals surface area (Å²) in [6, 6.07) is 8.54. The van der Waals surface area contributed by atoms with Crippen molar-refractivity contribution in [1.29, 1.82) is 0 Å². The summed E-state index contributed by atoms with van der Waals surface area (Å²) in [5.74, 6) is 0.0839. The number of carbonyl (C=O) groups is 1. The minimum absolute atomic E-state index is 0.0676. The lowest BCUT2D eigenvalue weighted by Crippen LogP contribution is -2.40. The second-order valence-electron chi connectivity index (χ2n) is 5.06. The molecule has 19 heavy (non-hydrogen) atoms. The van der Waals surface area contributed by atoms with Gasteiger partial charge in [-0.1, -0.05) is 28.1 Å². The van der Waals surface area contributed by atoms with Gasteiger partial charge in [0, 0.05) is 23.1 Å². The molecule has 1 unspecified atom stereocenters. The first-order valence-electron chi connectivity index (χ1n) is 6.55. The molecule has 1 saturated carbocycles. The van der Waals surface area contributed by atoms with Crippen LogP contribution in [0.5, 0.6) is 0 Å². The molecule has 0 bridgehead atoms. The fourth-order valence-corrected chi connectivity index (χ4v) is 2.36. The molecule has 0 aromatic heterocycles. The monoisotopic (exact) mass is 325 g/mol. The normalized spacial score (nSPS) is 16.4. The van der Waals surface area contributed by atoms with Gasteiger partial charge in [-0.2, -0.15) is 0 Å². The van der Waals surface area contributed by atoms with Gasteiger partial charge in [0.1, 0.15) is 0 Å². The maximum absolute atomic E-state index is 11.8. The van der Waals surface area contributed by atoms with E-state index < -0.39 is 0 Å². The second kappa shape index (κ2) is 6.50. The first-order chi connectivity index (χ1) is 9.10. The molecule has 0 aliphatic heterocycles. The average Bonchev–Trinajstić information content (AvgIpc) is 3.16. The number of carbonyl (C=O) groups excluding carboxylic acids is 1. The van der Waals surface area contributed by atoms with Crippen LogP contribution in [0.1, 0.15) is 24.4 Å². The maximum atomic E-state index is 11.8. The Morgan fingerprint density at radius 3 is 2.63 bits per heavy atom. The van der Waals surface area contributed by atoms with Gasteiger partial charge in [0.15, 0.2) is 0 Å². The third kappa shape index (κ3) is 4.30. The summed E-state index contributed by atoms with van der Waals surface area (Å²) in [6.45, 7) is 0.878. The number of nitrogens with zero attached hydrogens (tertiary/aromatic N) is 1. The van der Waals surface area contributed by atoms with Gasteiger partial charge < -0.3 is 11.1 Å². The van der Waals surface area contributed by atoms with Crippen LogP contribution in [0, 0.1) is 0 Å². The summed E-state index contributed by atoms with van der Waals surface area (Å²) in [4.78, 5) is 13.8. The molecule has 2 rings (SSSR count). The molecule has 0 saturated heterocycles. The van der Waals surface area contributed by atoms with Crippen molar-refractivity contribution in [3.05, 3.63) is 34.3 Å². The van der Waals surface area contributed by atoms with Crippen LogP contribution in [0.25, 0.3) is 0 Å². The number of nitrogens with one attached hydrogen (secondary N) is 1. The summed E-state index contributed by atoms with van der Waals surface area (Å²) in [6.07, 6.45) is 2.23. The van der Waals surface area contributed by atoms with Crippen LogP contribution in [-0.2, 0) is 4.79 Å². The number of rotatable bonds is 6. The Hall–Kier alpha value is -0.910. The lowest BCUT2D eigenvalue weighted by molar-refractivity contribution is -0.122. The highest BCUT2D eigenvalue weighted by Gasteiger charge is 2.25. The zero-order valence-electron chi connectivity index (χ0n) is 11.1. The molecule has 5 heteroatoms. The Morgan fingerprint density at radius 2 is 2.11 bits per heavy atom. The smallest absolute Gasteiger partial charge is 0.234 e. The van der Waals surface area contributed by atoms with Crippen molar-refractivity contribution in [2.24, 2.45) is 5.73 Å². The Kier molecular flexibility index (Phi) is 4.96. The summed E-state index contributed by atoms with van der Waals surface area (Å²) < 4.78 is 1.04. The van der Waals surface area contributed by atoms with Crippen molar-refractivity contribution in [1.82, 2.24) is 10.2 Å². The van der Waals surface area contributed by atoms with Gasteiger partial charge in [-0.3, -0.25) is 9.69 Å². The number of amides is 1. The quantitative estimate of drug-likeness (QED) is 0.836. The van der Waals surface area contributed by atoms with Crippen LogP contribution in [0.3, 0.4) is 0 Å². The van der Waals surface area contributed by atoms with Gasteiger partial charge >= 0.3 is 0 Å². The summed E-state index contributed by atoms with van der Waals surface area (Å²) in [5, 5.41) is 3.00. The average molecular weight is 326 g/mol. The minimum atomic E-state index is 0.0676. The molecular weight excluding hydrogens is 306 g/mol. The van der Waals surface area contributed by atoms with Crippen molar-refractivity contribution in [3.8, 4) is 0 Å². The highest BCUT2D eigenvalue weighted by Crippen LogP contribution is 2.21. The molecule has 0 spiro atoms. The van der Waals surface area contributed by atoms with Gasteiger partial charge in [-0.05, 0) is 37.6 Å². The summed E-state index contributed by atoms with van der Waals surface area (Å²) >= 11 is 3.42. The van der Waals surface area contributed by atoms with Gasteiger partial charge in [0.05, 0.1) is 6.54 Å². The Bertz CT molecular complexity index is 431. The SMILES string of the molecule is CN(CC(=O)NC1CC1)C(CN)c1ccc(Br)cc1. The van der Waals surface area contributed by atoms with Crippen LogP contribution < -0.4 is 11.1 Å². The third-order valence-corrected chi connectivity index (χ3v) is 3.87. The van der Waals surface area contributed by atoms with E-state index >= 15 is 0 Å². The number of benzene rings is 1. The van der Waals surface area contributed by atoms with E-state index in [4.69, 9.17) is 5.73 Å². The predicted octanol–water partition coefficient (Wildman–Crippen LogP) is 1.66. The minimum Gasteiger partial charge on any atom is -0.352 e. The Balaban J connectivity index is 1.95. The second-order valence-corrected chi connectivity index (χ2v) is 5.98. The highest BCUT2D eigenvalue weighted by atomic mass is 79.9. The maximum Gasteiger partial charge on any atom is 0.234 e. The van der Waals surface area contributed by atoms with Gasteiger partial charge in [0.25, 0.3) is 0 Å². The lowest BCUT2D eigenvalue weighted by Gasteiger charge is -2.26. The number of nitrogens with two attached hydrogens (primary N) is 1. The fourth-order valence-electron chi connectivity index (χ4n) is 2.09. The van der Waals surface area contributed by atoms with Crippen molar-refractivity contribution >= 4 is 21.8 Å².